The molecule has 0 saturated heterocycles. The number of nitrogens with zero attached hydrogens (tertiary/aromatic N) is 4. The van der Waals surface area contributed by atoms with E-state index in [0.29, 0.717) is 54.5 Å². The Morgan fingerprint density at radius 2 is 1.22 bits per heavy atom. The maximum absolute atomic E-state index is 13.7. The summed E-state index contributed by atoms with van der Waals surface area (Å²) in [6, 6.07) is 15.8. The van der Waals surface area contributed by atoms with Crippen molar-refractivity contribution in [2.75, 3.05) is 0 Å². The first-order valence-electron chi connectivity index (χ1n) is 11.5. The van der Waals surface area contributed by atoms with Crippen LogP contribution in [0.1, 0.15) is 11.1 Å². The second-order valence-corrected chi connectivity index (χ2v) is 9.42. The van der Waals surface area contributed by atoms with E-state index in [0.717, 1.165) is 17.7 Å². The summed E-state index contributed by atoms with van der Waals surface area (Å²) in [4.78, 5) is 36.6. The zero-order valence-corrected chi connectivity index (χ0v) is 19.0. The molecule has 8 aromatic rings. The van der Waals surface area contributed by atoms with E-state index in [4.69, 9.17) is 4.98 Å². The number of halogens is 3. The molecule has 0 unspecified atom stereocenters. The summed E-state index contributed by atoms with van der Waals surface area (Å²) in [5, 5.41) is 3.23. The van der Waals surface area contributed by atoms with Gasteiger partial charge >= 0.3 is 6.18 Å². The highest BCUT2D eigenvalue weighted by Gasteiger charge is 2.31. The molecule has 8 rings (SSSR count). The number of aryl methyl sites for hydroxylation is 1. The van der Waals surface area contributed by atoms with Crippen molar-refractivity contribution in [3.8, 4) is 0 Å². The van der Waals surface area contributed by atoms with Crippen molar-refractivity contribution in [2.45, 2.75) is 13.1 Å². The van der Waals surface area contributed by atoms with Gasteiger partial charge < -0.3 is 0 Å². The van der Waals surface area contributed by atoms with E-state index in [-0.39, 0.29) is 16.7 Å². The molecule has 0 amide bonds. The Labute approximate surface area is 203 Å². The minimum atomic E-state index is -4.53. The standard InChI is InChI=1S/C28H13F3N4O2/c1-12-2-8-18-21(10-12)35-24(32-18)14-4-5-15-23-16(6-7-17(22(14)23)27(35)37)26(36)34-20-9-3-13(28(29,30)31)11-19(20)33-25(15)34/h2-11H,1H3. The molecule has 178 valence electrons. The molecule has 4 aromatic carbocycles. The largest absolute Gasteiger partial charge is 0.416 e. The molecule has 4 heterocycles. The summed E-state index contributed by atoms with van der Waals surface area (Å²) in [5.74, 6) is 0. The number of fused-ring (bicyclic) bond motifs is 8. The van der Waals surface area contributed by atoms with Crippen molar-refractivity contribution in [1.82, 2.24) is 18.8 Å². The van der Waals surface area contributed by atoms with E-state index in [1.54, 1.807) is 22.6 Å². The lowest BCUT2D eigenvalue weighted by Crippen LogP contribution is -2.16. The van der Waals surface area contributed by atoms with Gasteiger partial charge in [-0.1, -0.05) is 6.07 Å². The molecule has 9 heteroatoms. The van der Waals surface area contributed by atoms with Crippen LogP contribution >= 0.6 is 0 Å². The molecular weight excluding hydrogens is 481 g/mol. The van der Waals surface area contributed by atoms with Gasteiger partial charge in [0.1, 0.15) is 11.3 Å². The van der Waals surface area contributed by atoms with Crippen molar-refractivity contribution in [2.24, 2.45) is 0 Å². The van der Waals surface area contributed by atoms with Crippen molar-refractivity contribution < 1.29 is 13.2 Å². The molecule has 0 aliphatic heterocycles. The third-order valence-corrected chi connectivity index (χ3v) is 7.30. The minimum absolute atomic E-state index is 0.0729. The van der Waals surface area contributed by atoms with E-state index in [9.17, 15) is 22.8 Å². The maximum atomic E-state index is 13.7. The third-order valence-electron chi connectivity index (χ3n) is 7.30. The molecule has 0 radical (unpaired) electrons. The summed E-state index contributed by atoms with van der Waals surface area (Å²) in [7, 11) is 0. The Morgan fingerprint density at radius 1 is 0.649 bits per heavy atom. The molecule has 0 aliphatic carbocycles. The molecule has 37 heavy (non-hydrogen) atoms. The van der Waals surface area contributed by atoms with Gasteiger partial charge in [-0.05, 0) is 67.1 Å². The third kappa shape index (κ3) is 2.41. The van der Waals surface area contributed by atoms with Crippen molar-refractivity contribution >= 4 is 65.7 Å². The Bertz CT molecular complexity index is 2400. The zero-order valence-electron chi connectivity index (χ0n) is 19.0. The summed E-state index contributed by atoms with van der Waals surface area (Å²) >= 11 is 0. The van der Waals surface area contributed by atoms with E-state index in [2.05, 4.69) is 4.98 Å². The number of benzene rings is 4. The summed E-state index contributed by atoms with van der Waals surface area (Å²) in [6.45, 7) is 1.95. The fourth-order valence-corrected chi connectivity index (χ4v) is 5.68. The number of pyridine rings is 2. The van der Waals surface area contributed by atoms with Crippen LogP contribution in [-0.2, 0) is 6.18 Å². The normalized spacial score (nSPS) is 13.1. The molecule has 0 atom stereocenters. The Balaban J connectivity index is 1.61. The van der Waals surface area contributed by atoms with Gasteiger partial charge in [-0.3, -0.25) is 18.4 Å². The van der Waals surface area contributed by atoms with E-state index in [1.807, 2.05) is 31.2 Å². The van der Waals surface area contributed by atoms with Gasteiger partial charge in [-0.25, -0.2) is 9.97 Å². The lowest BCUT2D eigenvalue weighted by atomic mass is 9.96. The number of aromatic nitrogens is 4. The van der Waals surface area contributed by atoms with Crippen molar-refractivity contribution in [3.63, 3.8) is 0 Å². The first-order valence-corrected chi connectivity index (χ1v) is 11.5. The topological polar surface area (TPSA) is 68.7 Å². The number of hydrogen-bond acceptors (Lipinski definition) is 4. The lowest BCUT2D eigenvalue weighted by molar-refractivity contribution is -0.137. The predicted octanol–water partition coefficient (Wildman–Crippen LogP) is 5.67. The van der Waals surface area contributed by atoms with Gasteiger partial charge in [0.15, 0.2) is 0 Å². The van der Waals surface area contributed by atoms with Crippen LogP contribution in [0.15, 0.2) is 70.3 Å². The molecule has 0 bridgehead atoms. The molecule has 0 fully saturated rings. The Hall–Kier alpha value is -4.79. The van der Waals surface area contributed by atoms with E-state index < -0.39 is 17.3 Å². The SMILES string of the molecule is Cc1ccc2nc3c4ccc5c6c(ccc(c(=O)n3c2c1)c46)c(=O)n1c2ccc(C(F)(F)F)cc2nc51. The summed E-state index contributed by atoms with van der Waals surface area (Å²) < 4.78 is 42.9. The summed E-state index contributed by atoms with van der Waals surface area (Å²) in [5.41, 5.74) is 2.00. The van der Waals surface area contributed by atoms with Gasteiger partial charge in [0.05, 0.1) is 27.6 Å². The average Bonchev–Trinajstić information content (AvgIpc) is 3.44. The predicted molar refractivity (Wildman–Crippen MR) is 136 cm³/mol. The number of imidazole rings is 2. The Morgan fingerprint density at radius 3 is 1.84 bits per heavy atom. The molecule has 0 saturated carbocycles. The second kappa shape index (κ2) is 6.31. The van der Waals surface area contributed by atoms with Crippen LogP contribution in [-0.4, -0.2) is 18.8 Å². The van der Waals surface area contributed by atoms with Gasteiger partial charge in [0.25, 0.3) is 11.1 Å². The molecule has 0 N–H and O–H groups in total. The highest BCUT2D eigenvalue weighted by atomic mass is 19.4. The van der Waals surface area contributed by atoms with Gasteiger partial charge in [0.2, 0.25) is 0 Å². The van der Waals surface area contributed by atoms with Crippen molar-refractivity contribution in [1.29, 1.82) is 0 Å². The highest BCUT2D eigenvalue weighted by Crippen LogP contribution is 2.37. The highest BCUT2D eigenvalue weighted by molar-refractivity contribution is 6.27. The van der Waals surface area contributed by atoms with Crippen LogP contribution < -0.4 is 11.1 Å². The molecule has 6 nitrogen and oxygen atoms in total. The first-order chi connectivity index (χ1) is 17.7. The smallest absolute Gasteiger partial charge is 0.268 e. The van der Waals surface area contributed by atoms with Crippen LogP contribution in [0.25, 0.3) is 65.7 Å². The fourth-order valence-electron chi connectivity index (χ4n) is 5.68. The van der Waals surface area contributed by atoms with Crippen LogP contribution in [0.2, 0.25) is 0 Å². The van der Waals surface area contributed by atoms with E-state index in [1.165, 1.54) is 10.5 Å². The van der Waals surface area contributed by atoms with Crippen molar-refractivity contribution in [3.05, 3.63) is 92.5 Å². The van der Waals surface area contributed by atoms with Crippen LogP contribution in [0, 0.1) is 6.92 Å². The molecule has 4 aromatic heterocycles. The molecular formula is C28H13F3N4O2. The van der Waals surface area contributed by atoms with Crippen LogP contribution in [0.3, 0.4) is 0 Å². The lowest BCUT2D eigenvalue weighted by Gasteiger charge is -2.12. The fraction of sp³-hybridized carbons (Fsp3) is 0.0714. The van der Waals surface area contributed by atoms with Gasteiger partial charge in [-0.2, -0.15) is 13.2 Å². The first kappa shape index (κ1) is 20.4. The Kier molecular flexibility index (Phi) is 3.48. The van der Waals surface area contributed by atoms with Crippen LogP contribution in [0.4, 0.5) is 13.2 Å². The second-order valence-electron chi connectivity index (χ2n) is 9.42. The summed E-state index contributed by atoms with van der Waals surface area (Å²) in [6.07, 6.45) is -4.53. The number of alkyl halides is 3. The van der Waals surface area contributed by atoms with Crippen LogP contribution in [0.5, 0.6) is 0 Å². The number of rotatable bonds is 0. The monoisotopic (exact) mass is 494 g/mol. The molecule has 0 aliphatic rings. The molecule has 0 spiro atoms. The quantitative estimate of drug-likeness (QED) is 0.255. The van der Waals surface area contributed by atoms with Gasteiger partial charge in [-0.15, -0.1) is 0 Å². The minimum Gasteiger partial charge on any atom is -0.268 e. The average molecular weight is 494 g/mol. The maximum Gasteiger partial charge on any atom is 0.416 e. The van der Waals surface area contributed by atoms with Gasteiger partial charge in [0, 0.05) is 32.3 Å². The zero-order chi connectivity index (χ0) is 25.4. The number of hydrogen-bond donors (Lipinski definition) is 0. The van der Waals surface area contributed by atoms with E-state index >= 15 is 0 Å².